The molecule has 6 heteroatoms. The summed E-state index contributed by atoms with van der Waals surface area (Å²) in [4.78, 5) is 2.27. The molecular formula is C15H19N5O. The average Bonchev–Trinajstić information content (AvgIpc) is 2.92. The first kappa shape index (κ1) is 15.0. The Morgan fingerprint density at radius 3 is 2.43 bits per heavy atom. The highest BCUT2D eigenvalue weighted by Crippen LogP contribution is 2.19. The second kappa shape index (κ2) is 6.86. The zero-order valence-electron chi connectivity index (χ0n) is 12.6. The quantitative estimate of drug-likeness (QED) is 0.813. The molecule has 0 unspecified atom stereocenters. The SMILES string of the molecule is CCN(CC)c1ccc(-n2nnc(C#N)c2COC)cc1. The number of rotatable bonds is 6. The monoisotopic (exact) mass is 285 g/mol. The number of nitriles is 1. The zero-order valence-corrected chi connectivity index (χ0v) is 12.6. The Morgan fingerprint density at radius 2 is 1.90 bits per heavy atom. The van der Waals surface area contributed by atoms with Crippen LogP contribution in [0.15, 0.2) is 24.3 Å². The summed E-state index contributed by atoms with van der Waals surface area (Å²) in [6.07, 6.45) is 0. The van der Waals surface area contributed by atoms with Gasteiger partial charge >= 0.3 is 0 Å². The minimum Gasteiger partial charge on any atom is -0.378 e. The molecule has 0 saturated carbocycles. The van der Waals surface area contributed by atoms with Crippen molar-refractivity contribution in [3.63, 3.8) is 0 Å². The maximum absolute atomic E-state index is 9.06. The van der Waals surface area contributed by atoms with Gasteiger partial charge in [-0.2, -0.15) is 5.26 Å². The summed E-state index contributed by atoms with van der Waals surface area (Å²) >= 11 is 0. The number of nitrogens with zero attached hydrogens (tertiary/aromatic N) is 5. The third-order valence-electron chi connectivity index (χ3n) is 3.37. The molecule has 0 amide bonds. The first-order chi connectivity index (χ1) is 10.2. The molecule has 6 nitrogen and oxygen atoms in total. The number of benzene rings is 1. The summed E-state index contributed by atoms with van der Waals surface area (Å²) < 4.78 is 6.77. The van der Waals surface area contributed by atoms with Crippen molar-refractivity contribution in [1.82, 2.24) is 15.0 Å². The Hall–Kier alpha value is -2.39. The molecule has 0 radical (unpaired) electrons. The van der Waals surface area contributed by atoms with Crippen molar-refractivity contribution in [1.29, 1.82) is 5.26 Å². The normalized spacial score (nSPS) is 10.4. The molecule has 0 N–H and O–H groups in total. The molecule has 0 spiro atoms. The van der Waals surface area contributed by atoms with Gasteiger partial charge in [-0.25, -0.2) is 4.68 Å². The van der Waals surface area contributed by atoms with Crippen LogP contribution >= 0.6 is 0 Å². The lowest BCUT2D eigenvalue weighted by molar-refractivity contribution is 0.179. The molecule has 2 aromatic rings. The number of methoxy groups -OCH3 is 1. The van der Waals surface area contributed by atoms with E-state index in [2.05, 4.69) is 29.1 Å². The van der Waals surface area contributed by atoms with Gasteiger partial charge in [-0.3, -0.25) is 0 Å². The van der Waals surface area contributed by atoms with Gasteiger partial charge in [-0.1, -0.05) is 5.21 Å². The summed E-state index contributed by atoms with van der Waals surface area (Å²) in [5.41, 5.74) is 2.99. The smallest absolute Gasteiger partial charge is 0.188 e. The molecule has 0 aliphatic rings. The van der Waals surface area contributed by atoms with Crippen LogP contribution in [0.3, 0.4) is 0 Å². The fraction of sp³-hybridized carbons (Fsp3) is 0.400. The molecular weight excluding hydrogens is 266 g/mol. The van der Waals surface area contributed by atoms with Crippen molar-refractivity contribution in [2.45, 2.75) is 20.5 Å². The van der Waals surface area contributed by atoms with Gasteiger partial charge in [0.25, 0.3) is 0 Å². The van der Waals surface area contributed by atoms with Gasteiger partial charge in [0.05, 0.1) is 12.3 Å². The highest BCUT2D eigenvalue weighted by Gasteiger charge is 2.14. The molecule has 21 heavy (non-hydrogen) atoms. The van der Waals surface area contributed by atoms with Gasteiger partial charge in [0.2, 0.25) is 0 Å². The third kappa shape index (κ3) is 3.03. The average molecular weight is 285 g/mol. The van der Waals surface area contributed by atoms with E-state index in [1.807, 2.05) is 30.3 Å². The van der Waals surface area contributed by atoms with E-state index in [0.29, 0.717) is 18.0 Å². The van der Waals surface area contributed by atoms with E-state index in [9.17, 15) is 0 Å². The van der Waals surface area contributed by atoms with E-state index < -0.39 is 0 Å². The lowest BCUT2D eigenvalue weighted by atomic mass is 10.2. The maximum Gasteiger partial charge on any atom is 0.188 e. The van der Waals surface area contributed by atoms with Gasteiger partial charge in [-0.05, 0) is 38.1 Å². The molecule has 2 rings (SSSR count). The Balaban J connectivity index is 2.35. The lowest BCUT2D eigenvalue weighted by Gasteiger charge is -2.21. The second-order valence-electron chi connectivity index (χ2n) is 4.53. The molecule has 1 aromatic carbocycles. The van der Waals surface area contributed by atoms with Gasteiger partial charge < -0.3 is 9.64 Å². The number of aromatic nitrogens is 3. The van der Waals surface area contributed by atoms with Crippen LogP contribution in [0, 0.1) is 11.3 Å². The van der Waals surface area contributed by atoms with Crippen molar-refractivity contribution in [2.75, 3.05) is 25.1 Å². The summed E-state index contributed by atoms with van der Waals surface area (Å²) in [5, 5.41) is 17.0. The van der Waals surface area contributed by atoms with Crippen LogP contribution in [0.1, 0.15) is 25.2 Å². The first-order valence-electron chi connectivity index (χ1n) is 6.94. The summed E-state index contributed by atoms with van der Waals surface area (Å²) in [6, 6.07) is 10.1. The van der Waals surface area contributed by atoms with Crippen LogP contribution in [0.5, 0.6) is 0 Å². The van der Waals surface area contributed by atoms with Gasteiger partial charge in [-0.15, -0.1) is 5.10 Å². The highest BCUT2D eigenvalue weighted by molar-refractivity contribution is 5.51. The molecule has 0 aliphatic heterocycles. The topological polar surface area (TPSA) is 67.0 Å². The van der Waals surface area contributed by atoms with E-state index in [1.54, 1.807) is 11.8 Å². The van der Waals surface area contributed by atoms with Crippen molar-refractivity contribution < 1.29 is 4.74 Å². The fourth-order valence-corrected chi connectivity index (χ4v) is 2.26. The predicted octanol–water partition coefficient (Wildman–Crippen LogP) is 2.13. The minimum atomic E-state index is 0.296. The lowest BCUT2D eigenvalue weighted by Crippen LogP contribution is -2.21. The highest BCUT2D eigenvalue weighted by atomic mass is 16.5. The number of ether oxygens (including phenoxy) is 1. The standard InChI is InChI=1S/C15H19N5O/c1-4-19(5-2)12-6-8-13(9-7-12)20-15(11-21-3)14(10-16)17-18-20/h6-9H,4-5,11H2,1-3H3. The second-order valence-corrected chi connectivity index (χ2v) is 4.53. The molecule has 0 atom stereocenters. The van der Waals surface area contributed by atoms with Crippen molar-refractivity contribution in [3.05, 3.63) is 35.7 Å². The third-order valence-corrected chi connectivity index (χ3v) is 3.37. The molecule has 0 bridgehead atoms. The molecule has 1 heterocycles. The van der Waals surface area contributed by atoms with Gasteiger partial charge in [0.1, 0.15) is 11.8 Å². The summed E-state index contributed by atoms with van der Waals surface area (Å²) in [5.74, 6) is 0. The first-order valence-corrected chi connectivity index (χ1v) is 6.94. The minimum absolute atomic E-state index is 0.296. The van der Waals surface area contributed by atoms with E-state index >= 15 is 0 Å². The molecule has 0 saturated heterocycles. The Bertz CT molecular complexity index is 623. The van der Waals surface area contributed by atoms with E-state index in [4.69, 9.17) is 10.00 Å². The Labute approximate surface area is 124 Å². The largest absolute Gasteiger partial charge is 0.378 e. The van der Waals surface area contributed by atoms with Crippen molar-refractivity contribution in [2.24, 2.45) is 0 Å². The van der Waals surface area contributed by atoms with Crippen LogP contribution in [0.25, 0.3) is 5.69 Å². The molecule has 0 fully saturated rings. The number of hydrogen-bond acceptors (Lipinski definition) is 5. The van der Waals surface area contributed by atoms with Crippen LogP contribution in [-0.4, -0.2) is 35.2 Å². The Kier molecular flexibility index (Phi) is 4.90. The van der Waals surface area contributed by atoms with Gasteiger partial charge in [0, 0.05) is 25.9 Å². The van der Waals surface area contributed by atoms with E-state index in [1.165, 1.54) is 0 Å². The van der Waals surface area contributed by atoms with Crippen LogP contribution < -0.4 is 4.90 Å². The summed E-state index contributed by atoms with van der Waals surface area (Å²) in [7, 11) is 1.59. The molecule has 1 aromatic heterocycles. The number of anilines is 1. The van der Waals surface area contributed by atoms with Crippen LogP contribution in [0.2, 0.25) is 0 Å². The summed E-state index contributed by atoms with van der Waals surface area (Å²) in [6.45, 7) is 6.49. The molecule has 0 aliphatic carbocycles. The Morgan fingerprint density at radius 1 is 1.24 bits per heavy atom. The van der Waals surface area contributed by atoms with Gasteiger partial charge in [0.15, 0.2) is 5.69 Å². The fourth-order valence-electron chi connectivity index (χ4n) is 2.26. The van der Waals surface area contributed by atoms with Crippen molar-refractivity contribution in [3.8, 4) is 11.8 Å². The van der Waals surface area contributed by atoms with Crippen LogP contribution in [-0.2, 0) is 11.3 Å². The van der Waals surface area contributed by atoms with Crippen molar-refractivity contribution >= 4 is 5.69 Å². The zero-order chi connectivity index (χ0) is 15.2. The van der Waals surface area contributed by atoms with E-state index in [0.717, 1.165) is 24.5 Å². The number of hydrogen-bond donors (Lipinski definition) is 0. The maximum atomic E-state index is 9.06. The van der Waals surface area contributed by atoms with Crippen LogP contribution in [0.4, 0.5) is 5.69 Å². The predicted molar refractivity (Wildman–Crippen MR) is 80.3 cm³/mol. The van der Waals surface area contributed by atoms with E-state index in [-0.39, 0.29) is 0 Å². The molecule has 110 valence electrons.